The summed E-state index contributed by atoms with van der Waals surface area (Å²) in [5.74, 6) is 0.185. The van der Waals surface area contributed by atoms with Crippen molar-refractivity contribution >= 4 is 27.1 Å². The Morgan fingerprint density at radius 1 is 1.29 bits per heavy atom. The van der Waals surface area contributed by atoms with E-state index in [1.54, 1.807) is 0 Å². The van der Waals surface area contributed by atoms with Gasteiger partial charge >= 0.3 is 0 Å². The summed E-state index contributed by atoms with van der Waals surface area (Å²) in [5.41, 5.74) is 7.36. The van der Waals surface area contributed by atoms with E-state index in [0.29, 0.717) is 12.2 Å². The summed E-state index contributed by atoms with van der Waals surface area (Å²) >= 11 is 5.99. The minimum absolute atomic E-state index is 0.0635. The van der Waals surface area contributed by atoms with Crippen LogP contribution < -0.4 is 11.1 Å². The third-order valence-corrected chi connectivity index (χ3v) is 5.21. The molecule has 0 spiro atoms. The molecule has 4 nitrogen and oxygen atoms in total. The van der Waals surface area contributed by atoms with Gasteiger partial charge in [0.15, 0.2) is 9.84 Å². The van der Waals surface area contributed by atoms with Crippen LogP contribution in [0.25, 0.3) is 0 Å². The summed E-state index contributed by atoms with van der Waals surface area (Å²) in [6, 6.07) is 7.30. The van der Waals surface area contributed by atoms with E-state index in [0.717, 1.165) is 5.56 Å². The zero-order valence-corrected chi connectivity index (χ0v) is 10.8. The Hall–Kier alpha value is -0.780. The van der Waals surface area contributed by atoms with Crippen molar-refractivity contribution < 1.29 is 8.42 Å². The molecule has 0 bridgehead atoms. The summed E-state index contributed by atoms with van der Waals surface area (Å²) < 4.78 is 22.7. The van der Waals surface area contributed by atoms with E-state index in [1.165, 1.54) is 0 Å². The van der Waals surface area contributed by atoms with Crippen LogP contribution in [0.3, 0.4) is 0 Å². The third kappa shape index (κ3) is 3.34. The maximum Gasteiger partial charge on any atom is 0.153 e. The van der Waals surface area contributed by atoms with E-state index < -0.39 is 9.84 Å². The van der Waals surface area contributed by atoms with Crippen LogP contribution in [0.1, 0.15) is 5.56 Å². The molecule has 0 saturated carbocycles. The summed E-state index contributed by atoms with van der Waals surface area (Å²) in [7, 11) is -2.97. The first-order valence-corrected chi connectivity index (χ1v) is 7.64. The van der Waals surface area contributed by atoms with Gasteiger partial charge in [-0.3, -0.25) is 0 Å². The molecule has 94 valence electrons. The largest absolute Gasteiger partial charge is 0.399 e. The SMILES string of the molecule is Nc1ccc(CN[C@H]2CS(=O)(=O)C[C@H]2Cl)cc1. The zero-order chi connectivity index (χ0) is 12.5. The standard InChI is InChI=1S/C11H15ClN2O2S/c12-10-6-17(15,16)7-11(10)14-5-8-1-3-9(13)4-2-8/h1-4,10-11,14H,5-7,13H2/t10-,11+/m1/s1. The van der Waals surface area contributed by atoms with Crippen molar-refractivity contribution in [2.45, 2.75) is 18.0 Å². The second-order valence-corrected chi connectivity index (χ2v) is 7.04. The van der Waals surface area contributed by atoms with Gasteiger partial charge in [0.2, 0.25) is 0 Å². The second-order valence-electron chi connectivity index (χ2n) is 4.32. The van der Waals surface area contributed by atoms with Crippen molar-refractivity contribution in [1.82, 2.24) is 5.32 Å². The number of anilines is 1. The summed E-state index contributed by atoms with van der Waals surface area (Å²) in [4.78, 5) is 0. The minimum Gasteiger partial charge on any atom is -0.399 e. The number of rotatable bonds is 3. The lowest BCUT2D eigenvalue weighted by Crippen LogP contribution is -2.35. The van der Waals surface area contributed by atoms with Crippen molar-refractivity contribution in [3.8, 4) is 0 Å². The molecular formula is C11H15ClN2O2S. The van der Waals surface area contributed by atoms with Gasteiger partial charge in [0.1, 0.15) is 0 Å². The summed E-state index contributed by atoms with van der Waals surface area (Å²) in [5, 5.41) is 2.83. The van der Waals surface area contributed by atoms with E-state index in [4.69, 9.17) is 17.3 Å². The van der Waals surface area contributed by atoms with Crippen LogP contribution in [-0.4, -0.2) is 31.3 Å². The van der Waals surface area contributed by atoms with Gasteiger partial charge in [-0.25, -0.2) is 8.42 Å². The first-order chi connectivity index (χ1) is 7.96. The highest BCUT2D eigenvalue weighted by atomic mass is 35.5. The van der Waals surface area contributed by atoms with Crippen molar-refractivity contribution in [3.05, 3.63) is 29.8 Å². The lowest BCUT2D eigenvalue weighted by molar-refractivity contribution is 0.558. The average molecular weight is 275 g/mol. The first-order valence-electron chi connectivity index (χ1n) is 5.38. The molecule has 0 unspecified atom stereocenters. The minimum atomic E-state index is -2.97. The van der Waals surface area contributed by atoms with E-state index in [2.05, 4.69) is 5.32 Å². The molecule has 1 aromatic carbocycles. The Morgan fingerprint density at radius 3 is 2.47 bits per heavy atom. The molecular weight excluding hydrogens is 260 g/mol. The molecule has 2 rings (SSSR count). The number of nitrogens with two attached hydrogens (primary N) is 1. The topological polar surface area (TPSA) is 72.2 Å². The Balaban J connectivity index is 1.93. The summed E-state index contributed by atoms with van der Waals surface area (Å²) in [6.07, 6.45) is 0. The summed E-state index contributed by atoms with van der Waals surface area (Å²) in [6.45, 7) is 0.601. The molecule has 1 aliphatic heterocycles. The normalized spacial score (nSPS) is 27.1. The molecule has 1 heterocycles. The van der Waals surface area contributed by atoms with Crippen molar-refractivity contribution in [2.24, 2.45) is 0 Å². The number of benzene rings is 1. The molecule has 1 aromatic rings. The van der Waals surface area contributed by atoms with Crippen molar-refractivity contribution in [1.29, 1.82) is 0 Å². The van der Waals surface area contributed by atoms with Gasteiger partial charge in [0, 0.05) is 18.3 Å². The smallest absolute Gasteiger partial charge is 0.153 e. The molecule has 0 aliphatic carbocycles. The Labute approximate surface area is 106 Å². The average Bonchev–Trinajstić information content (AvgIpc) is 2.51. The van der Waals surface area contributed by atoms with Crippen LogP contribution in [0.4, 0.5) is 5.69 Å². The van der Waals surface area contributed by atoms with Gasteiger partial charge in [-0.05, 0) is 17.7 Å². The number of hydrogen-bond donors (Lipinski definition) is 2. The van der Waals surface area contributed by atoms with Gasteiger partial charge in [0.05, 0.1) is 16.9 Å². The fourth-order valence-corrected chi connectivity index (χ4v) is 4.49. The fraction of sp³-hybridized carbons (Fsp3) is 0.455. The molecule has 6 heteroatoms. The molecule has 1 fully saturated rings. The predicted molar refractivity (Wildman–Crippen MR) is 69.8 cm³/mol. The number of halogens is 1. The highest BCUT2D eigenvalue weighted by Crippen LogP contribution is 2.18. The maximum atomic E-state index is 11.4. The number of sulfone groups is 1. The van der Waals surface area contributed by atoms with Crippen LogP contribution in [0.5, 0.6) is 0 Å². The van der Waals surface area contributed by atoms with Crippen molar-refractivity contribution in [3.63, 3.8) is 0 Å². The predicted octanol–water partition coefficient (Wildman–Crippen LogP) is 0.763. The third-order valence-electron chi connectivity index (χ3n) is 2.83. The molecule has 2 atom stereocenters. The molecule has 1 saturated heterocycles. The number of hydrogen-bond acceptors (Lipinski definition) is 4. The Bertz CT molecular complexity index is 487. The first kappa shape index (κ1) is 12.7. The van der Waals surface area contributed by atoms with Crippen LogP contribution in [0.15, 0.2) is 24.3 Å². The molecule has 3 N–H and O–H groups in total. The molecule has 0 aromatic heterocycles. The maximum absolute atomic E-state index is 11.4. The second kappa shape index (κ2) is 4.84. The van der Waals surface area contributed by atoms with E-state index >= 15 is 0 Å². The van der Waals surface area contributed by atoms with E-state index in [9.17, 15) is 8.42 Å². The van der Waals surface area contributed by atoms with Crippen molar-refractivity contribution in [2.75, 3.05) is 17.2 Å². The van der Waals surface area contributed by atoms with E-state index in [1.807, 2.05) is 24.3 Å². The lowest BCUT2D eigenvalue weighted by atomic mass is 10.2. The quantitative estimate of drug-likeness (QED) is 0.631. The van der Waals surface area contributed by atoms with Gasteiger partial charge in [-0.2, -0.15) is 0 Å². The van der Waals surface area contributed by atoms with Crippen LogP contribution in [0.2, 0.25) is 0 Å². The Kier molecular flexibility index (Phi) is 3.61. The van der Waals surface area contributed by atoms with Gasteiger partial charge < -0.3 is 11.1 Å². The molecule has 17 heavy (non-hydrogen) atoms. The molecule has 1 aliphatic rings. The highest BCUT2D eigenvalue weighted by molar-refractivity contribution is 7.91. The number of nitrogens with one attached hydrogen (secondary N) is 1. The number of nitrogen functional groups attached to an aromatic ring is 1. The van der Waals surface area contributed by atoms with Crippen LogP contribution in [-0.2, 0) is 16.4 Å². The van der Waals surface area contributed by atoms with Crippen LogP contribution >= 0.6 is 11.6 Å². The molecule has 0 radical (unpaired) electrons. The Morgan fingerprint density at radius 2 is 1.94 bits per heavy atom. The number of alkyl halides is 1. The van der Waals surface area contributed by atoms with E-state index in [-0.39, 0.29) is 22.9 Å². The van der Waals surface area contributed by atoms with Gasteiger partial charge in [0.25, 0.3) is 0 Å². The van der Waals surface area contributed by atoms with Gasteiger partial charge in [-0.15, -0.1) is 11.6 Å². The highest BCUT2D eigenvalue weighted by Gasteiger charge is 2.35. The fourth-order valence-electron chi connectivity index (χ4n) is 1.88. The molecule has 0 amide bonds. The lowest BCUT2D eigenvalue weighted by Gasteiger charge is -2.14. The van der Waals surface area contributed by atoms with Gasteiger partial charge in [-0.1, -0.05) is 12.1 Å². The zero-order valence-electron chi connectivity index (χ0n) is 9.27. The monoisotopic (exact) mass is 274 g/mol. The van der Waals surface area contributed by atoms with Crippen LogP contribution in [0, 0.1) is 0 Å².